The molecule has 2 N–H and O–H groups in total. The molecule has 1 aromatic carbocycles. The van der Waals surface area contributed by atoms with E-state index in [-0.39, 0.29) is 11.6 Å². The van der Waals surface area contributed by atoms with E-state index >= 15 is 0 Å². The Bertz CT molecular complexity index is 477. The molecule has 0 aliphatic carbocycles. The summed E-state index contributed by atoms with van der Waals surface area (Å²) in [5.74, 6) is -0.376. The van der Waals surface area contributed by atoms with Gasteiger partial charge in [0.2, 0.25) is 0 Å². The molecule has 1 rings (SSSR count). The number of benzene rings is 1. The van der Waals surface area contributed by atoms with E-state index in [2.05, 4.69) is 5.32 Å². The van der Waals surface area contributed by atoms with Gasteiger partial charge in [-0.3, -0.25) is 4.55 Å². The van der Waals surface area contributed by atoms with Crippen LogP contribution in [0.25, 0.3) is 0 Å². The highest BCUT2D eigenvalue weighted by atomic mass is 32.2. The maximum Gasteiger partial charge on any atom is 0.264 e. The van der Waals surface area contributed by atoms with Crippen LogP contribution in [-0.2, 0) is 16.5 Å². The van der Waals surface area contributed by atoms with Crippen molar-refractivity contribution in [2.75, 3.05) is 18.8 Å². The molecule has 0 aliphatic heterocycles. The fraction of sp³-hybridized carbons (Fsp3) is 0.538. The van der Waals surface area contributed by atoms with Crippen LogP contribution in [0.15, 0.2) is 24.3 Å². The van der Waals surface area contributed by atoms with Gasteiger partial charge in [0.25, 0.3) is 10.1 Å². The van der Waals surface area contributed by atoms with E-state index in [1.165, 1.54) is 6.07 Å². The van der Waals surface area contributed by atoms with Gasteiger partial charge in [0.05, 0.1) is 5.75 Å². The van der Waals surface area contributed by atoms with E-state index in [4.69, 9.17) is 4.55 Å². The molecule has 0 aliphatic rings. The molecule has 1 aromatic rings. The molecule has 0 saturated carbocycles. The Morgan fingerprint density at radius 2 is 1.79 bits per heavy atom. The molecule has 19 heavy (non-hydrogen) atoms. The van der Waals surface area contributed by atoms with Gasteiger partial charge in [-0.25, -0.2) is 4.39 Å². The van der Waals surface area contributed by atoms with E-state index in [1.54, 1.807) is 12.1 Å². The van der Waals surface area contributed by atoms with Gasteiger partial charge in [0.1, 0.15) is 5.82 Å². The van der Waals surface area contributed by atoms with Gasteiger partial charge in [-0.1, -0.05) is 18.2 Å². The van der Waals surface area contributed by atoms with Gasteiger partial charge < -0.3 is 5.32 Å². The zero-order valence-electron chi connectivity index (χ0n) is 10.8. The van der Waals surface area contributed by atoms with Crippen LogP contribution in [0.3, 0.4) is 0 Å². The lowest BCUT2D eigenvalue weighted by Crippen LogP contribution is -2.19. The van der Waals surface area contributed by atoms with E-state index in [9.17, 15) is 12.8 Å². The lowest BCUT2D eigenvalue weighted by atomic mass is 10.1. The first kappa shape index (κ1) is 16.1. The molecule has 0 radical (unpaired) electrons. The predicted octanol–water partition coefficient (Wildman–Crippen LogP) is 2.02. The van der Waals surface area contributed by atoms with Crippen LogP contribution in [0.4, 0.5) is 4.39 Å². The van der Waals surface area contributed by atoms with Crippen molar-refractivity contribution in [3.63, 3.8) is 0 Å². The zero-order valence-corrected chi connectivity index (χ0v) is 11.6. The van der Waals surface area contributed by atoms with Crippen LogP contribution < -0.4 is 5.32 Å². The summed E-state index contributed by atoms with van der Waals surface area (Å²) in [6.07, 6.45) is 2.89. The topological polar surface area (TPSA) is 66.4 Å². The van der Waals surface area contributed by atoms with Gasteiger partial charge in [0, 0.05) is 0 Å². The van der Waals surface area contributed by atoms with Crippen LogP contribution in [0.2, 0.25) is 0 Å². The molecule has 0 spiro atoms. The Kier molecular flexibility index (Phi) is 6.97. The number of halogens is 1. The molecule has 0 saturated heterocycles. The third-order valence-electron chi connectivity index (χ3n) is 2.76. The Balaban J connectivity index is 2.02. The summed E-state index contributed by atoms with van der Waals surface area (Å²) in [5, 5.41) is 3.09. The van der Waals surface area contributed by atoms with Crippen molar-refractivity contribution < 1.29 is 17.4 Å². The quantitative estimate of drug-likeness (QED) is 0.539. The summed E-state index contributed by atoms with van der Waals surface area (Å²) in [7, 11) is -3.84. The average Bonchev–Trinajstić information content (AvgIpc) is 2.33. The van der Waals surface area contributed by atoms with E-state index in [1.807, 2.05) is 6.07 Å². The first-order valence-corrected chi connectivity index (χ1v) is 7.99. The fourth-order valence-electron chi connectivity index (χ4n) is 1.77. The highest BCUT2D eigenvalue weighted by molar-refractivity contribution is 7.85. The summed E-state index contributed by atoms with van der Waals surface area (Å²) >= 11 is 0. The molecule has 108 valence electrons. The molecule has 0 heterocycles. The average molecular weight is 289 g/mol. The van der Waals surface area contributed by atoms with Crippen LogP contribution >= 0.6 is 0 Å². The molecule has 0 unspecified atom stereocenters. The maximum atomic E-state index is 13.3. The van der Waals surface area contributed by atoms with Gasteiger partial charge >= 0.3 is 0 Å². The Labute approximate surface area is 113 Å². The smallest absolute Gasteiger partial charge is 0.264 e. The lowest BCUT2D eigenvalue weighted by Gasteiger charge is -2.05. The summed E-state index contributed by atoms with van der Waals surface area (Å²) < 4.78 is 42.7. The van der Waals surface area contributed by atoms with E-state index < -0.39 is 10.1 Å². The maximum absolute atomic E-state index is 13.3. The molecule has 0 bridgehead atoms. The lowest BCUT2D eigenvalue weighted by molar-refractivity contribution is 0.479. The molecule has 0 atom stereocenters. The Morgan fingerprint density at radius 3 is 2.47 bits per heavy atom. The minimum Gasteiger partial charge on any atom is -0.317 e. The number of unbranched alkanes of at least 4 members (excludes halogenated alkanes) is 1. The highest BCUT2D eigenvalue weighted by Crippen LogP contribution is 2.09. The normalized spacial score (nSPS) is 11.7. The molecular weight excluding hydrogens is 269 g/mol. The second kappa shape index (κ2) is 8.24. The van der Waals surface area contributed by atoms with Crippen LogP contribution in [0.5, 0.6) is 0 Å². The number of nitrogens with one attached hydrogen (secondary N) is 1. The first-order chi connectivity index (χ1) is 8.99. The SMILES string of the molecule is O=S(=O)(O)CCCNCCCCc1ccccc1F. The van der Waals surface area contributed by atoms with Gasteiger partial charge in [-0.05, 0) is 50.4 Å². The van der Waals surface area contributed by atoms with Crippen LogP contribution in [0.1, 0.15) is 24.8 Å². The fourth-order valence-corrected chi connectivity index (χ4v) is 2.28. The summed E-state index contributed by atoms with van der Waals surface area (Å²) in [6, 6.07) is 6.75. The molecule has 0 aromatic heterocycles. The van der Waals surface area contributed by atoms with Crippen molar-refractivity contribution in [1.29, 1.82) is 0 Å². The molecule has 6 heteroatoms. The van der Waals surface area contributed by atoms with Crippen LogP contribution in [-0.4, -0.2) is 31.8 Å². The second-order valence-electron chi connectivity index (χ2n) is 4.44. The van der Waals surface area contributed by atoms with Crippen molar-refractivity contribution >= 4 is 10.1 Å². The molecule has 0 fully saturated rings. The van der Waals surface area contributed by atoms with E-state index in [0.29, 0.717) is 19.4 Å². The number of rotatable bonds is 9. The number of hydrogen-bond donors (Lipinski definition) is 2. The third kappa shape index (κ3) is 7.92. The van der Waals surface area contributed by atoms with Gasteiger partial charge in [-0.2, -0.15) is 8.42 Å². The minimum absolute atomic E-state index is 0.163. The Hall–Kier alpha value is -0.980. The summed E-state index contributed by atoms with van der Waals surface area (Å²) in [6.45, 7) is 1.32. The Morgan fingerprint density at radius 1 is 1.11 bits per heavy atom. The first-order valence-electron chi connectivity index (χ1n) is 6.38. The number of hydrogen-bond acceptors (Lipinski definition) is 3. The molecule has 4 nitrogen and oxygen atoms in total. The van der Waals surface area contributed by atoms with Crippen molar-refractivity contribution in [1.82, 2.24) is 5.32 Å². The van der Waals surface area contributed by atoms with Crippen molar-refractivity contribution in [3.8, 4) is 0 Å². The zero-order chi connectivity index (χ0) is 14.1. The van der Waals surface area contributed by atoms with Gasteiger partial charge in [-0.15, -0.1) is 0 Å². The summed E-state index contributed by atoms with van der Waals surface area (Å²) in [4.78, 5) is 0. The van der Waals surface area contributed by atoms with Crippen LogP contribution in [0, 0.1) is 5.82 Å². The van der Waals surface area contributed by atoms with E-state index in [0.717, 1.165) is 24.9 Å². The standard InChI is InChI=1S/C13H20FNO3S/c14-13-8-2-1-6-12(13)7-3-4-9-15-10-5-11-19(16,17)18/h1-2,6,8,15H,3-5,7,9-11H2,(H,16,17,18). The minimum atomic E-state index is -3.84. The largest absolute Gasteiger partial charge is 0.317 e. The molecular formula is C13H20FNO3S. The second-order valence-corrected chi connectivity index (χ2v) is 6.01. The van der Waals surface area contributed by atoms with Crippen molar-refractivity contribution in [3.05, 3.63) is 35.6 Å². The number of aryl methyl sites for hydroxylation is 1. The molecule has 0 amide bonds. The summed E-state index contributed by atoms with van der Waals surface area (Å²) in [5.41, 5.74) is 0.730. The monoisotopic (exact) mass is 289 g/mol. The predicted molar refractivity (Wildman–Crippen MR) is 73.2 cm³/mol. The van der Waals surface area contributed by atoms with Crippen molar-refractivity contribution in [2.45, 2.75) is 25.7 Å². The highest BCUT2D eigenvalue weighted by Gasteiger charge is 2.03. The van der Waals surface area contributed by atoms with Gasteiger partial charge in [0.15, 0.2) is 0 Å². The van der Waals surface area contributed by atoms with Crippen molar-refractivity contribution in [2.24, 2.45) is 0 Å². The third-order valence-corrected chi connectivity index (χ3v) is 3.57.